The number of benzene rings is 2. The summed E-state index contributed by atoms with van der Waals surface area (Å²) in [5.41, 5.74) is 1.98. The molecule has 4 heteroatoms. The Morgan fingerprint density at radius 1 is 1.08 bits per heavy atom. The van der Waals surface area contributed by atoms with E-state index < -0.39 is 5.41 Å². The number of carbonyl (C=O) groups is 2. The highest BCUT2D eigenvalue weighted by Gasteiger charge is 2.48. The monoisotopic (exact) mass is 351 g/mol. The highest BCUT2D eigenvalue weighted by atomic mass is 16.5. The van der Waals surface area contributed by atoms with Crippen molar-refractivity contribution in [2.45, 2.75) is 38.0 Å². The number of ether oxygens (including phenoxy) is 1. The standard InChI is InChI=1S/C22H25NO3/c1-3-23-21(25)22(16-10-6-5-7-11-16)15-14-18(20(24)26-4-2)17-12-8-9-13-19(17)22/h5-13,18H,3-4,14-15H2,1-2H3,(H,23,25)/t18-,22?/m1/s1. The number of likely N-dealkylation sites (N-methyl/N-ethyl adjacent to an activating group) is 1. The number of fused-ring (bicyclic) bond motifs is 1. The summed E-state index contributed by atoms with van der Waals surface area (Å²) in [6.07, 6.45) is 1.16. The van der Waals surface area contributed by atoms with Crippen molar-refractivity contribution in [1.82, 2.24) is 5.32 Å². The van der Waals surface area contributed by atoms with Crippen molar-refractivity contribution in [1.29, 1.82) is 0 Å². The van der Waals surface area contributed by atoms with Crippen LogP contribution in [0.2, 0.25) is 0 Å². The van der Waals surface area contributed by atoms with Gasteiger partial charge in [-0.1, -0.05) is 54.6 Å². The van der Waals surface area contributed by atoms with Crippen LogP contribution in [0.15, 0.2) is 54.6 Å². The van der Waals surface area contributed by atoms with Gasteiger partial charge in [-0.15, -0.1) is 0 Å². The summed E-state index contributed by atoms with van der Waals surface area (Å²) in [6.45, 7) is 4.66. The zero-order valence-corrected chi connectivity index (χ0v) is 15.3. The Morgan fingerprint density at radius 2 is 1.77 bits per heavy atom. The summed E-state index contributed by atoms with van der Waals surface area (Å²) in [6, 6.07) is 17.6. The van der Waals surface area contributed by atoms with Crippen molar-refractivity contribution < 1.29 is 14.3 Å². The molecule has 0 aliphatic heterocycles. The fraction of sp³-hybridized carbons (Fsp3) is 0.364. The highest BCUT2D eigenvalue weighted by molar-refractivity contribution is 5.94. The fourth-order valence-electron chi connectivity index (χ4n) is 4.03. The SMILES string of the molecule is CCNC(=O)C1(c2ccccc2)CC[C@@H](C(=O)OCC)c2ccccc21. The molecule has 0 saturated heterocycles. The van der Waals surface area contributed by atoms with Crippen molar-refractivity contribution in [2.75, 3.05) is 13.2 Å². The molecule has 1 unspecified atom stereocenters. The quantitative estimate of drug-likeness (QED) is 0.838. The van der Waals surface area contributed by atoms with Crippen molar-refractivity contribution >= 4 is 11.9 Å². The van der Waals surface area contributed by atoms with Crippen LogP contribution in [0.3, 0.4) is 0 Å². The maximum Gasteiger partial charge on any atom is 0.313 e. The molecule has 1 amide bonds. The largest absolute Gasteiger partial charge is 0.466 e. The van der Waals surface area contributed by atoms with Gasteiger partial charge in [0.25, 0.3) is 0 Å². The first-order chi connectivity index (χ1) is 12.6. The molecular formula is C22H25NO3. The third-order valence-electron chi connectivity index (χ3n) is 5.17. The average molecular weight is 351 g/mol. The van der Waals surface area contributed by atoms with Crippen molar-refractivity contribution in [3.05, 3.63) is 71.3 Å². The number of esters is 1. The molecular weight excluding hydrogens is 326 g/mol. The molecule has 0 saturated carbocycles. The topological polar surface area (TPSA) is 55.4 Å². The van der Waals surface area contributed by atoms with Crippen LogP contribution in [0.25, 0.3) is 0 Å². The molecule has 2 aromatic rings. The molecule has 2 aromatic carbocycles. The third-order valence-corrected chi connectivity index (χ3v) is 5.17. The Balaban J connectivity index is 2.18. The van der Waals surface area contributed by atoms with E-state index in [1.54, 1.807) is 0 Å². The van der Waals surface area contributed by atoms with Gasteiger partial charge < -0.3 is 10.1 Å². The Hall–Kier alpha value is -2.62. The van der Waals surface area contributed by atoms with E-state index in [0.29, 0.717) is 26.0 Å². The van der Waals surface area contributed by atoms with Crippen LogP contribution in [0.4, 0.5) is 0 Å². The number of carbonyl (C=O) groups excluding carboxylic acids is 2. The molecule has 0 bridgehead atoms. The Bertz CT molecular complexity index is 787. The summed E-state index contributed by atoms with van der Waals surface area (Å²) in [5.74, 6) is -0.545. The van der Waals surface area contributed by atoms with Crippen LogP contribution in [-0.4, -0.2) is 25.0 Å². The Morgan fingerprint density at radius 3 is 2.46 bits per heavy atom. The minimum absolute atomic E-state index is 0.0130. The van der Waals surface area contributed by atoms with Crippen molar-refractivity contribution in [3.8, 4) is 0 Å². The lowest BCUT2D eigenvalue weighted by molar-refractivity contribution is -0.145. The van der Waals surface area contributed by atoms with Gasteiger partial charge in [-0.2, -0.15) is 0 Å². The zero-order chi connectivity index (χ0) is 18.6. The van der Waals surface area contributed by atoms with E-state index in [-0.39, 0.29) is 17.8 Å². The molecule has 0 heterocycles. The lowest BCUT2D eigenvalue weighted by Crippen LogP contribution is -2.48. The first-order valence-electron chi connectivity index (χ1n) is 9.25. The van der Waals surface area contributed by atoms with Gasteiger partial charge in [-0.05, 0) is 43.4 Å². The normalized spacial score (nSPS) is 21.5. The first-order valence-corrected chi connectivity index (χ1v) is 9.25. The van der Waals surface area contributed by atoms with Gasteiger partial charge in [0, 0.05) is 6.54 Å². The molecule has 2 atom stereocenters. The van der Waals surface area contributed by atoms with Crippen LogP contribution in [0.1, 0.15) is 49.3 Å². The minimum Gasteiger partial charge on any atom is -0.466 e. The summed E-state index contributed by atoms with van der Waals surface area (Å²) in [5, 5.41) is 3.01. The summed E-state index contributed by atoms with van der Waals surface area (Å²) in [4.78, 5) is 25.7. The highest BCUT2D eigenvalue weighted by Crippen LogP contribution is 2.47. The van der Waals surface area contributed by atoms with E-state index >= 15 is 0 Å². The van der Waals surface area contributed by atoms with Gasteiger partial charge in [0.15, 0.2) is 0 Å². The smallest absolute Gasteiger partial charge is 0.313 e. The molecule has 0 spiro atoms. The molecule has 0 aromatic heterocycles. The van der Waals surface area contributed by atoms with Crippen LogP contribution < -0.4 is 5.32 Å². The molecule has 136 valence electrons. The second-order valence-electron chi connectivity index (χ2n) is 6.56. The molecule has 1 aliphatic rings. The molecule has 1 aliphatic carbocycles. The van der Waals surface area contributed by atoms with E-state index in [4.69, 9.17) is 4.74 Å². The van der Waals surface area contributed by atoms with E-state index in [1.165, 1.54) is 0 Å². The molecule has 0 fully saturated rings. The van der Waals surface area contributed by atoms with Crippen LogP contribution in [-0.2, 0) is 19.7 Å². The van der Waals surface area contributed by atoms with E-state index in [1.807, 2.05) is 68.4 Å². The van der Waals surface area contributed by atoms with Crippen LogP contribution in [0, 0.1) is 0 Å². The second-order valence-corrected chi connectivity index (χ2v) is 6.56. The average Bonchev–Trinajstić information content (AvgIpc) is 2.68. The predicted octanol–water partition coefficient (Wildman–Crippen LogP) is 3.55. The van der Waals surface area contributed by atoms with Gasteiger partial charge in [-0.3, -0.25) is 9.59 Å². The molecule has 0 radical (unpaired) electrons. The summed E-state index contributed by atoms with van der Waals surface area (Å²) in [7, 11) is 0. The van der Waals surface area contributed by atoms with Gasteiger partial charge in [0.2, 0.25) is 5.91 Å². The second kappa shape index (κ2) is 7.73. The number of hydrogen-bond donors (Lipinski definition) is 1. The number of amides is 1. The summed E-state index contributed by atoms with van der Waals surface area (Å²) < 4.78 is 5.28. The van der Waals surface area contributed by atoms with Gasteiger partial charge in [-0.25, -0.2) is 0 Å². The van der Waals surface area contributed by atoms with Crippen molar-refractivity contribution in [3.63, 3.8) is 0 Å². The van der Waals surface area contributed by atoms with Gasteiger partial charge in [0.1, 0.15) is 0 Å². The fourth-order valence-corrected chi connectivity index (χ4v) is 4.03. The molecule has 1 N–H and O–H groups in total. The van der Waals surface area contributed by atoms with Gasteiger partial charge in [0.05, 0.1) is 17.9 Å². The minimum atomic E-state index is -0.781. The number of hydrogen-bond acceptors (Lipinski definition) is 3. The summed E-state index contributed by atoms with van der Waals surface area (Å²) >= 11 is 0. The van der Waals surface area contributed by atoms with E-state index in [9.17, 15) is 9.59 Å². The maximum atomic E-state index is 13.3. The first kappa shape index (κ1) is 18.2. The predicted molar refractivity (Wildman–Crippen MR) is 101 cm³/mol. The van der Waals surface area contributed by atoms with E-state index in [0.717, 1.165) is 16.7 Å². The lowest BCUT2D eigenvalue weighted by Gasteiger charge is -2.40. The van der Waals surface area contributed by atoms with Gasteiger partial charge >= 0.3 is 5.97 Å². The van der Waals surface area contributed by atoms with Crippen LogP contribution >= 0.6 is 0 Å². The number of rotatable bonds is 5. The lowest BCUT2D eigenvalue weighted by atomic mass is 9.62. The Labute approximate surface area is 154 Å². The molecule has 26 heavy (non-hydrogen) atoms. The molecule has 4 nitrogen and oxygen atoms in total. The number of nitrogens with one attached hydrogen (secondary N) is 1. The Kier molecular flexibility index (Phi) is 5.40. The van der Waals surface area contributed by atoms with E-state index in [2.05, 4.69) is 5.32 Å². The van der Waals surface area contributed by atoms with Crippen LogP contribution in [0.5, 0.6) is 0 Å². The maximum absolute atomic E-state index is 13.3. The molecule has 3 rings (SSSR count). The third kappa shape index (κ3) is 3.00. The zero-order valence-electron chi connectivity index (χ0n) is 15.3. The van der Waals surface area contributed by atoms with Crippen molar-refractivity contribution in [2.24, 2.45) is 0 Å².